The summed E-state index contributed by atoms with van der Waals surface area (Å²) < 4.78 is 5.13. The molecule has 0 aliphatic heterocycles. The molecule has 1 aromatic carbocycles. The van der Waals surface area contributed by atoms with Gasteiger partial charge in [-0.2, -0.15) is 0 Å². The molecule has 0 saturated heterocycles. The summed E-state index contributed by atoms with van der Waals surface area (Å²) in [5, 5.41) is 0. The van der Waals surface area contributed by atoms with Crippen LogP contribution in [-0.4, -0.2) is 17.9 Å². The predicted octanol–water partition coefficient (Wildman–Crippen LogP) is 2.85. The van der Waals surface area contributed by atoms with Gasteiger partial charge in [0.05, 0.1) is 5.92 Å². The highest BCUT2D eigenvalue weighted by atomic mass is 16.5. The first kappa shape index (κ1) is 13.4. The van der Waals surface area contributed by atoms with E-state index in [2.05, 4.69) is 0 Å². The van der Waals surface area contributed by atoms with Crippen molar-refractivity contribution in [3.63, 3.8) is 0 Å². The number of rotatable bonds is 5. The van der Waals surface area contributed by atoms with Crippen molar-refractivity contribution >= 4 is 11.8 Å². The molecule has 0 spiro atoms. The van der Waals surface area contributed by atoms with Crippen LogP contribution in [0, 0.1) is 5.92 Å². The topological polar surface area (TPSA) is 43.4 Å². The van der Waals surface area contributed by atoms with Crippen LogP contribution in [0.25, 0.3) is 0 Å². The minimum atomic E-state index is -0.723. The van der Waals surface area contributed by atoms with Gasteiger partial charge in [-0.25, -0.2) is 0 Å². The predicted molar refractivity (Wildman–Crippen MR) is 65.8 cm³/mol. The molecule has 2 atom stereocenters. The molecule has 3 heteroatoms. The number of esters is 1. The second kappa shape index (κ2) is 6.18. The zero-order valence-electron chi connectivity index (χ0n) is 10.5. The van der Waals surface area contributed by atoms with Crippen molar-refractivity contribution in [3.8, 4) is 0 Å². The van der Waals surface area contributed by atoms with Crippen LogP contribution in [0.3, 0.4) is 0 Å². The Bertz CT molecular complexity index is 384. The van der Waals surface area contributed by atoms with Gasteiger partial charge in [0, 0.05) is 5.56 Å². The number of Topliss-reactive ketones (excluding diaryl/α,β-unsaturated/α-hetero) is 1. The van der Waals surface area contributed by atoms with E-state index in [4.69, 9.17) is 4.74 Å². The van der Waals surface area contributed by atoms with Gasteiger partial charge < -0.3 is 4.74 Å². The third-order valence-electron chi connectivity index (χ3n) is 2.74. The number of hydrogen-bond donors (Lipinski definition) is 0. The summed E-state index contributed by atoms with van der Waals surface area (Å²) in [6.45, 7) is 5.31. The number of benzene rings is 1. The van der Waals surface area contributed by atoms with Crippen LogP contribution >= 0.6 is 0 Å². The first-order valence-electron chi connectivity index (χ1n) is 5.86. The molecule has 0 aliphatic rings. The molecule has 0 N–H and O–H groups in total. The second-order valence-corrected chi connectivity index (χ2v) is 4.12. The van der Waals surface area contributed by atoms with Crippen molar-refractivity contribution in [1.29, 1.82) is 0 Å². The van der Waals surface area contributed by atoms with Crippen molar-refractivity contribution in [2.75, 3.05) is 0 Å². The molecule has 2 unspecified atom stereocenters. The number of ketones is 1. The van der Waals surface area contributed by atoms with E-state index in [0.717, 1.165) is 0 Å². The Kier molecular flexibility index (Phi) is 4.88. The van der Waals surface area contributed by atoms with Crippen molar-refractivity contribution in [2.24, 2.45) is 5.92 Å². The summed E-state index contributed by atoms with van der Waals surface area (Å²) in [4.78, 5) is 23.5. The zero-order valence-corrected chi connectivity index (χ0v) is 10.5. The van der Waals surface area contributed by atoms with Crippen molar-refractivity contribution in [1.82, 2.24) is 0 Å². The van der Waals surface area contributed by atoms with E-state index in [0.29, 0.717) is 12.0 Å². The SMILES string of the molecule is CCC(C)C(=O)OC(C)C(=O)c1ccccc1. The Morgan fingerprint density at radius 3 is 2.29 bits per heavy atom. The summed E-state index contributed by atoms with van der Waals surface area (Å²) in [5.74, 6) is -0.646. The van der Waals surface area contributed by atoms with Crippen LogP contribution in [0.4, 0.5) is 0 Å². The van der Waals surface area contributed by atoms with Crippen LogP contribution in [0.5, 0.6) is 0 Å². The van der Waals surface area contributed by atoms with Crippen molar-refractivity contribution in [3.05, 3.63) is 35.9 Å². The van der Waals surface area contributed by atoms with Gasteiger partial charge in [-0.1, -0.05) is 44.2 Å². The monoisotopic (exact) mass is 234 g/mol. The number of ether oxygens (including phenoxy) is 1. The summed E-state index contributed by atoms with van der Waals surface area (Å²) in [6, 6.07) is 8.85. The van der Waals surface area contributed by atoms with Crippen LogP contribution in [0.15, 0.2) is 30.3 Å². The van der Waals surface area contributed by atoms with Crippen molar-refractivity contribution < 1.29 is 14.3 Å². The number of carbonyl (C=O) groups excluding carboxylic acids is 2. The third kappa shape index (κ3) is 3.70. The average molecular weight is 234 g/mol. The Labute approximate surface area is 102 Å². The lowest BCUT2D eigenvalue weighted by atomic mass is 10.1. The summed E-state index contributed by atoms with van der Waals surface area (Å²) in [7, 11) is 0. The zero-order chi connectivity index (χ0) is 12.8. The molecule has 3 nitrogen and oxygen atoms in total. The molecule has 0 aliphatic carbocycles. The van der Waals surface area contributed by atoms with Gasteiger partial charge in [0.2, 0.25) is 5.78 Å². The second-order valence-electron chi connectivity index (χ2n) is 4.12. The molecule has 0 aromatic heterocycles. The minimum absolute atomic E-state index is 0.165. The quantitative estimate of drug-likeness (QED) is 0.581. The summed E-state index contributed by atoms with van der Waals surface area (Å²) in [5.41, 5.74) is 0.567. The van der Waals surface area contributed by atoms with E-state index < -0.39 is 6.10 Å². The lowest BCUT2D eigenvalue weighted by molar-refractivity contribution is -0.150. The highest BCUT2D eigenvalue weighted by Gasteiger charge is 2.21. The highest BCUT2D eigenvalue weighted by molar-refractivity contribution is 6.00. The third-order valence-corrected chi connectivity index (χ3v) is 2.74. The molecular weight excluding hydrogens is 216 g/mol. The average Bonchev–Trinajstić information content (AvgIpc) is 2.37. The molecule has 92 valence electrons. The van der Waals surface area contributed by atoms with Gasteiger partial charge >= 0.3 is 5.97 Å². The molecule has 0 amide bonds. The molecule has 0 fully saturated rings. The largest absolute Gasteiger partial charge is 0.454 e. The fourth-order valence-corrected chi connectivity index (χ4v) is 1.35. The van der Waals surface area contributed by atoms with Crippen LogP contribution in [0.2, 0.25) is 0 Å². The summed E-state index contributed by atoms with van der Waals surface area (Å²) >= 11 is 0. The highest BCUT2D eigenvalue weighted by Crippen LogP contribution is 2.10. The van der Waals surface area contributed by atoms with Crippen LogP contribution in [0.1, 0.15) is 37.6 Å². The molecule has 0 bridgehead atoms. The molecule has 0 heterocycles. The van der Waals surface area contributed by atoms with Gasteiger partial charge in [0.25, 0.3) is 0 Å². The molecule has 1 aromatic rings. The lowest BCUT2D eigenvalue weighted by Crippen LogP contribution is -2.27. The fraction of sp³-hybridized carbons (Fsp3) is 0.429. The molecule has 1 rings (SSSR count). The summed E-state index contributed by atoms with van der Waals surface area (Å²) in [6.07, 6.45) is -0.00987. The van der Waals surface area contributed by atoms with Crippen LogP contribution in [-0.2, 0) is 9.53 Å². The van der Waals surface area contributed by atoms with Gasteiger partial charge in [-0.05, 0) is 13.3 Å². The van der Waals surface area contributed by atoms with Gasteiger partial charge in [-0.3, -0.25) is 9.59 Å². The number of carbonyl (C=O) groups is 2. The minimum Gasteiger partial charge on any atom is -0.454 e. The molecular formula is C14H18O3. The van der Waals surface area contributed by atoms with Gasteiger partial charge in [-0.15, -0.1) is 0 Å². The maximum absolute atomic E-state index is 11.9. The Morgan fingerprint density at radius 2 is 1.76 bits per heavy atom. The smallest absolute Gasteiger partial charge is 0.309 e. The molecule has 0 saturated carbocycles. The Hall–Kier alpha value is -1.64. The Balaban J connectivity index is 2.62. The fourth-order valence-electron chi connectivity index (χ4n) is 1.35. The molecule has 17 heavy (non-hydrogen) atoms. The lowest BCUT2D eigenvalue weighted by Gasteiger charge is -2.15. The normalized spacial score (nSPS) is 13.8. The standard InChI is InChI=1S/C14H18O3/c1-4-10(2)14(16)17-11(3)13(15)12-8-6-5-7-9-12/h5-11H,4H2,1-3H3. The molecule has 0 radical (unpaired) electrons. The Morgan fingerprint density at radius 1 is 1.18 bits per heavy atom. The first-order chi connectivity index (χ1) is 8.06. The van der Waals surface area contributed by atoms with E-state index in [1.807, 2.05) is 13.0 Å². The van der Waals surface area contributed by atoms with E-state index >= 15 is 0 Å². The van der Waals surface area contributed by atoms with E-state index in [-0.39, 0.29) is 17.7 Å². The van der Waals surface area contributed by atoms with Crippen molar-refractivity contribution in [2.45, 2.75) is 33.3 Å². The van der Waals surface area contributed by atoms with E-state index in [9.17, 15) is 9.59 Å². The maximum Gasteiger partial charge on any atom is 0.309 e. The van der Waals surface area contributed by atoms with E-state index in [1.54, 1.807) is 38.1 Å². The van der Waals surface area contributed by atoms with E-state index in [1.165, 1.54) is 0 Å². The van der Waals surface area contributed by atoms with Crippen LogP contribution < -0.4 is 0 Å². The number of hydrogen-bond acceptors (Lipinski definition) is 3. The van der Waals surface area contributed by atoms with Gasteiger partial charge in [0.15, 0.2) is 6.10 Å². The first-order valence-corrected chi connectivity index (χ1v) is 5.86. The van der Waals surface area contributed by atoms with Gasteiger partial charge in [0.1, 0.15) is 0 Å². The maximum atomic E-state index is 11.9.